The Balaban J connectivity index is 1.98. The smallest absolute Gasteiger partial charge is 0.153 e. The van der Waals surface area contributed by atoms with Gasteiger partial charge in [-0.2, -0.15) is 0 Å². The molecule has 1 aromatic carbocycles. The number of fused-ring (bicyclic) bond motifs is 1. The standard InChI is InChI=1S/C16H22N2O/c1-2-3-4-5-8-11-19-16-13-9-6-7-10-15(13)18-12-14(16)17/h6-7,9-10,12H,2-5,8,11,17H2,1H3. The van der Waals surface area contributed by atoms with Crippen LogP contribution >= 0.6 is 0 Å². The average Bonchev–Trinajstić information content (AvgIpc) is 2.44. The summed E-state index contributed by atoms with van der Waals surface area (Å²) >= 11 is 0. The highest BCUT2D eigenvalue weighted by Gasteiger charge is 2.07. The lowest BCUT2D eigenvalue weighted by atomic mass is 10.1. The number of aromatic nitrogens is 1. The average molecular weight is 258 g/mol. The Labute approximate surface area is 114 Å². The molecule has 0 aliphatic heterocycles. The van der Waals surface area contributed by atoms with Gasteiger partial charge in [-0.25, -0.2) is 0 Å². The molecule has 1 heterocycles. The number of nitrogens with two attached hydrogens (primary N) is 1. The van der Waals surface area contributed by atoms with Crippen LogP contribution in [-0.2, 0) is 0 Å². The number of nitrogens with zero attached hydrogens (tertiary/aromatic N) is 1. The van der Waals surface area contributed by atoms with Gasteiger partial charge in [0.1, 0.15) is 0 Å². The van der Waals surface area contributed by atoms with Gasteiger partial charge >= 0.3 is 0 Å². The molecule has 0 aliphatic rings. The fourth-order valence-corrected chi connectivity index (χ4v) is 2.17. The molecule has 2 N–H and O–H groups in total. The van der Waals surface area contributed by atoms with Gasteiger partial charge in [0, 0.05) is 5.39 Å². The van der Waals surface area contributed by atoms with E-state index in [-0.39, 0.29) is 0 Å². The number of rotatable bonds is 7. The zero-order valence-electron chi connectivity index (χ0n) is 11.6. The van der Waals surface area contributed by atoms with Crippen molar-refractivity contribution in [2.75, 3.05) is 12.3 Å². The Kier molecular flexibility index (Phi) is 5.01. The lowest BCUT2D eigenvalue weighted by Gasteiger charge is -2.11. The summed E-state index contributed by atoms with van der Waals surface area (Å²) in [5, 5.41) is 0.996. The number of nitrogen functional groups attached to an aromatic ring is 1. The Bertz CT molecular complexity index is 525. The Morgan fingerprint density at radius 2 is 1.89 bits per heavy atom. The van der Waals surface area contributed by atoms with E-state index in [4.69, 9.17) is 10.5 Å². The molecule has 0 radical (unpaired) electrons. The lowest BCUT2D eigenvalue weighted by Crippen LogP contribution is -2.02. The predicted octanol–water partition coefficient (Wildman–Crippen LogP) is 4.17. The van der Waals surface area contributed by atoms with Crippen LogP contribution in [0.25, 0.3) is 10.9 Å². The van der Waals surface area contributed by atoms with Gasteiger partial charge in [-0.1, -0.05) is 44.7 Å². The molecule has 3 heteroatoms. The molecule has 0 amide bonds. The fourth-order valence-electron chi connectivity index (χ4n) is 2.17. The molecule has 2 aromatic rings. The van der Waals surface area contributed by atoms with Crippen LogP contribution in [0.3, 0.4) is 0 Å². The first-order chi connectivity index (χ1) is 9.33. The first-order valence-electron chi connectivity index (χ1n) is 7.09. The van der Waals surface area contributed by atoms with Crippen LogP contribution in [0.5, 0.6) is 5.75 Å². The third-order valence-electron chi connectivity index (χ3n) is 3.25. The molecule has 1 aromatic heterocycles. The van der Waals surface area contributed by atoms with Gasteiger partial charge in [-0.3, -0.25) is 4.98 Å². The van der Waals surface area contributed by atoms with Crippen LogP contribution < -0.4 is 10.5 Å². The Morgan fingerprint density at radius 3 is 2.74 bits per heavy atom. The van der Waals surface area contributed by atoms with Crippen molar-refractivity contribution in [1.29, 1.82) is 0 Å². The van der Waals surface area contributed by atoms with Crippen LogP contribution in [0.4, 0.5) is 5.69 Å². The minimum atomic E-state index is 0.618. The summed E-state index contributed by atoms with van der Waals surface area (Å²) in [7, 11) is 0. The molecule has 102 valence electrons. The Hall–Kier alpha value is -1.77. The van der Waals surface area contributed by atoms with E-state index >= 15 is 0 Å². The van der Waals surface area contributed by atoms with Crippen molar-refractivity contribution in [1.82, 2.24) is 4.98 Å². The normalized spacial score (nSPS) is 10.8. The molecule has 0 aliphatic carbocycles. The molecule has 0 fully saturated rings. The summed E-state index contributed by atoms with van der Waals surface area (Å²) in [4.78, 5) is 4.31. The molecule has 0 saturated carbocycles. The molecular weight excluding hydrogens is 236 g/mol. The minimum Gasteiger partial charge on any atom is -0.491 e. The maximum Gasteiger partial charge on any atom is 0.153 e. The van der Waals surface area contributed by atoms with Crippen molar-refractivity contribution in [3.63, 3.8) is 0 Å². The molecular formula is C16H22N2O. The van der Waals surface area contributed by atoms with Crippen LogP contribution in [0.1, 0.15) is 39.0 Å². The number of benzene rings is 1. The van der Waals surface area contributed by atoms with Gasteiger partial charge < -0.3 is 10.5 Å². The van der Waals surface area contributed by atoms with E-state index in [0.29, 0.717) is 5.69 Å². The fraction of sp³-hybridized carbons (Fsp3) is 0.438. The first kappa shape index (κ1) is 13.7. The topological polar surface area (TPSA) is 48.1 Å². The van der Waals surface area contributed by atoms with E-state index < -0.39 is 0 Å². The van der Waals surface area contributed by atoms with Crippen LogP contribution in [0, 0.1) is 0 Å². The van der Waals surface area contributed by atoms with Gasteiger partial charge in [0.15, 0.2) is 5.75 Å². The molecule has 19 heavy (non-hydrogen) atoms. The largest absolute Gasteiger partial charge is 0.491 e. The van der Waals surface area contributed by atoms with E-state index in [1.807, 2.05) is 24.3 Å². The molecule has 2 rings (SSSR count). The third-order valence-corrected chi connectivity index (χ3v) is 3.25. The summed E-state index contributed by atoms with van der Waals surface area (Å²) in [6.45, 7) is 2.95. The number of pyridine rings is 1. The van der Waals surface area contributed by atoms with Crippen molar-refractivity contribution < 1.29 is 4.74 Å². The summed E-state index contributed by atoms with van der Waals surface area (Å²) in [6, 6.07) is 7.94. The third kappa shape index (κ3) is 3.60. The quantitative estimate of drug-likeness (QED) is 0.758. The molecule has 0 unspecified atom stereocenters. The molecule has 0 bridgehead atoms. The summed E-state index contributed by atoms with van der Waals surface area (Å²) in [5.41, 5.74) is 7.51. The number of ether oxygens (including phenoxy) is 1. The van der Waals surface area contributed by atoms with Gasteiger partial charge in [0.25, 0.3) is 0 Å². The highest BCUT2D eigenvalue weighted by Crippen LogP contribution is 2.30. The summed E-state index contributed by atoms with van der Waals surface area (Å²) < 4.78 is 5.87. The molecule has 0 saturated heterocycles. The second kappa shape index (κ2) is 6.98. The van der Waals surface area contributed by atoms with Crippen LogP contribution in [-0.4, -0.2) is 11.6 Å². The van der Waals surface area contributed by atoms with Crippen molar-refractivity contribution in [2.24, 2.45) is 0 Å². The zero-order valence-corrected chi connectivity index (χ0v) is 11.6. The summed E-state index contributed by atoms with van der Waals surface area (Å²) in [5.74, 6) is 0.779. The van der Waals surface area contributed by atoms with E-state index in [0.717, 1.165) is 29.7 Å². The van der Waals surface area contributed by atoms with E-state index in [2.05, 4.69) is 11.9 Å². The number of hydrogen-bond donors (Lipinski definition) is 1. The summed E-state index contributed by atoms with van der Waals surface area (Å²) in [6.07, 6.45) is 7.83. The van der Waals surface area contributed by atoms with Gasteiger partial charge in [0.05, 0.1) is 24.0 Å². The lowest BCUT2D eigenvalue weighted by molar-refractivity contribution is 0.309. The second-order valence-corrected chi connectivity index (χ2v) is 4.82. The van der Waals surface area contributed by atoms with E-state index in [9.17, 15) is 0 Å². The van der Waals surface area contributed by atoms with Crippen molar-refractivity contribution in [2.45, 2.75) is 39.0 Å². The van der Waals surface area contributed by atoms with Gasteiger partial charge in [-0.05, 0) is 18.6 Å². The molecule has 0 spiro atoms. The van der Waals surface area contributed by atoms with Gasteiger partial charge in [0.2, 0.25) is 0 Å². The van der Waals surface area contributed by atoms with E-state index in [1.165, 1.54) is 25.7 Å². The SMILES string of the molecule is CCCCCCCOc1c(N)cnc2ccccc12. The molecule has 0 atom stereocenters. The highest BCUT2D eigenvalue weighted by molar-refractivity contribution is 5.89. The second-order valence-electron chi connectivity index (χ2n) is 4.82. The number of para-hydroxylation sites is 1. The van der Waals surface area contributed by atoms with Crippen LogP contribution in [0.2, 0.25) is 0 Å². The monoisotopic (exact) mass is 258 g/mol. The number of unbranched alkanes of at least 4 members (excludes halogenated alkanes) is 4. The van der Waals surface area contributed by atoms with Crippen LogP contribution in [0.15, 0.2) is 30.5 Å². The molecule has 3 nitrogen and oxygen atoms in total. The van der Waals surface area contributed by atoms with Crippen molar-refractivity contribution in [3.05, 3.63) is 30.5 Å². The first-order valence-corrected chi connectivity index (χ1v) is 7.09. The van der Waals surface area contributed by atoms with E-state index in [1.54, 1.807) is 6.20 Å². The maximum atomic E-state index is 5.96. The Morgan fingerprint density at radius 1 is 1.11 bits per heavy atom. The maximum absolute atomic E-state index is 5.96. The van der Waals surface area contributed by atoms with Crippen molar-refractivity contribution >= 4 is 16.6 Å². The van der Waals surface area contributed by atoms with Gasteiger partial charge in [-0.15, -0.1) is 0 Å². The minimum absolute atomic E-state index is 0.618. The highest BCUT2D eigenvalue weighted by atomic mass is 16.5. The zero-order chi connectivity index (χ0) is 13.5. The number of hydrogen-bond acceptors (Lipinski definition) is 3. The predicted molar refractivity (Wildman–Crippen MR) is 80.4 cm³/mol. The number of anilines is 1. The van der Waals surface area contributed by atoms with Crippen molar-refractivity contribution in [3.8, 4) is 5.75 Å².